The number of aromatic nitrogens is 2. The second-order valence-electron chi connectivity index (χ2n) is 3.03. The number of hydrogen-bond donors (Lipinski definition) is 1. The lowest BCUT2D eigenvalue weighted by Gasteiger charge is -2.04. The fraction of sp³-hybridized carbons (Fsp3) is 0.556. The van der Waals surface area contributed by atoms with Gasteiger partial charge in [0.15, 0.2) is 5.69 Å². The molecule has 3 heteroatoms. The van der Waals surface area contributed by atoms with Gasteiger partial charge in [0.05, 0.1) is 6.61 Å². The van der Waals surface area contributed by atoms with E-state index >= 15 is 0 Å². The molecule has 12 heavy (non-hydrogen) atoms. The van der Waals surface area contributed by atoms with Gasteiger partial charge in [-0.1, -0.05) is 0 Å². The van der Waals surface area contributed by atoms with Crippen LogP contribution >= 0.6 is 0 Å². The minimum Gasteiger partial charge on any atom is -0.390 e. The summed E-state index contributed by atoms with van der Waals surface area (Å²) in [7, 11) is 1.98. The fourth-order valence-electron chi connectivity index (χ4n) is 1.20. The highest BCUT2D eigenvalue weighted by Crippen LogP contribution is 2.03. The molecule has 1 rings (SSSR count). The smallest absolute Gasteiger partial charge is 0.202 e. The van der Waals surface area contributed by atoms with Crippen molar-refractivity contribution >= 4 is 0 Å². The Kier molecular flexibility index (Phi) is 2.43. The van der Waals surface area contributed by atoms with Gasteiger partial charge in [0, 0.05) is 13.8 Å². The Hall–Kier alpha value is -0.960. The highest BCUT2D eigenvalue weighted by Gasteiger charge is 2.14. The Morgan fingerprint density at radius 1 is 1.25 bits per heavy atom. The molecule has 0 aliphatic heterocycles. The first-order chi connectivity index (χ1) is 5.57. The largest absolute Gasteiger partial charge is 0.390 e. The van der Waals surface area contributed by atoms with Gasteiger partial charge in [-0.25, -0.2) is 4.98 Å². The first kappa shape index (κ1) is 9.13. The second-order valence-corrected chi connectivity index (χ2v) is 3.03. The topological polar surface area (TPSA) is 37.0 Å². The average Bonchev–Trinajstić information content (AvgIpc) is 2.08. The molecule has 3 nitrogen and oxygen atoms in total. The number of hydrogen-bond acceptors (Lipinski definition) is 2. The van der Waals surface area contributed by atoms with Crippen molar-refractivity contribution in [3.63, 3.8) is 0 Å². The Bertz CT molecular complexity index is 308. The number of aliphatic hydroxyl groups is 1. The van der Waals surface area contributed by atoms with Crippen molar-refractivity contribution in [2.45, 2.75) is 27.4 Å². The summed E-state index contributed by atoms with van der Waals surface area (Å²) in [4.78, 5) is 4.28. The van der Waals surface area contributed by atoms with E-state index in [9.17, 15) is 0 Å². The van der Waals surface area contributed by atoms with Crippen LogP contribution in [0.5, 0.6) is 0 Å². The zero-order chi connectivity index (χ0) is 9.30. The summed E-state index contributed by atoms with van der Waals surface area (Å²) >= 11 is 0. The lowest BCUT2D eigenvalue weighted by molar-refractivity contribution is -0.685. The molecule has 0 saturated heterocycles. The van der Waals surface area contributed by atoms with Gasteiger partial charge >= 0.3 is 0 Å². The molecule has 0 spiro atoms. The molecule has 0 amide bonds. The molecule has 1 heterocycles. The van der Waals surface area contributed by atoms with Gasteiger partial charge in [-0.15, -0.1) is 0 Å². The molecule has 0 bridgehead atoms. The molecule has 0 aliphatic carbocycles. The summed E-state index contributed by atoms with van der Waals surface area (Å²) in [6, 6.07) is 0. The number of aliphatic hydroxyl groups excluding tert-OH is 1. The van der Waals surface area contributed by atoms with E-state index in [2.05, 4.69) is 4.98 Å². The van der Waals surface area contributed by atoms with Crippen LogP contribution in [0.15, 0.2) is 0 Å². The summed E-state index contributed by atoms with van der Waals surface area (Å²) < 4.78 is 2.05. The van der Waals surface area contributed by atoms with E-state index < -0.39 is 0 Å². The monoisotopic (exact) mass is 167 g/mol. The highest BCUT2D eigenvalue weighted by molar-refractivity contribution is 5.10. The van der Waals surface area contributed by atoms with Gasteiger partial charge < -0.3 is 5.11 Å². The maximum absolute atomic E-state index is 8.98. The van der Waals surface area contributed by atoms with Gasteiger partial charge in [0.1, 0.15) is 18.4 Å². The molecule has 0 aliphatic rings. The maximum Gasteiger partial charge on any atom is 0.202 e. The lowest BCUT2D eigenvalue weighted by atomic mass is 10.2. The van der Waals surface area contributed by atoms with Crippen LogP contribution in [0.2, 0.25) is 0 Å². The quantitative estimate of drug-likeness (QED) is 0.612. The van der Waals surface area contributed by atoms with Crippen LogP contribution < -0.4 is 4.57 Å². The summed E-state index contributed by atoms with van der Waals surface area (Å²) in [5, 5.41) is 8.98. The van der Waals surface area contributed by atoms with Gasteiger partial charge in [-0.05, 0) is 6.92 Å². The molecular formula is C9H15N2O+. The third-order valence-electron chi connectivity index (χ3n) is 2.40. The Balaban J connectivity index is 3.39. The van der Waals surface area contributed by atoms with Crippen molar-refractivity contribution in [1.82, 2.24) is 4.98 Å². The average molecular weight is 167 g/mol. The molecule has 0 saturated carbocycles. The van der Waals surface area contributed by atoms with Crippen molar-refractivity contribution in [2.24, 2.45) is 7.05 Å². The van der Waals surface area contributed by atoms with Crippen LogP contribution in [0.4, 0.5) is 0 Å². The van der Waals surface area contributed by atoms with E-state index in [-0.39, 0.29) is 6.61 Å². The zero-order valence-corrected chi connectivity index (χ0v) is 8.05. The molecule has 0 unspecified atom stereocenters. The number of nitrogens with zero attached hydrogens (tertiary/aromatic N) is 2. The molecular weight excluding hydrogens is 152 g/mol. The molecule has 66 valence electrons. The van der Waals surface area contributed by atoms with Crippen LogP contribution in [0.25, 0.3) is 0 Å². The van der Waals surface area contributed by atoms with Crippen LogP contribution in [-0.4, -0.2) is 10.1 Å². The van der Waals surface area contributed by atoms with Gasteiger partial charge in [0.2, 0.25) is 5.69 Å². The van der Waals surface area contributed by atoms with Crippen LogP contribution in [0.3, 0.4) is 0 Å². The molecule has 0 fully saturated rings. The lowest BCUT2D eigenvalue weighted by Crippen LogP contribution is -2.38. The van der Waals surface area contributed by atoms with Gasteiger partial charge in [-0.2, -0.15) is 4.57 Å². The maximum atomic E-state index is 8.98. The van der Waals surface area contributed by atoms with Crippen molar-refractivity contribution in [2.75, 3.05) is 0 Å². The normalized spacial score (nSPS) is 10.4. The predicted molar refractivity (Wildman–Crippen MR) is 45.5 cm³/mol. The van der Waals surface area contributed by atoms with Crippen molar-refractivity contribution in [1.29, 1.82) is 0 Å². The zero-order valence-electron chi connectivity index (χ0n) is 8.05. The third kappa shape index (κ3) is 1.32. The number of aryl methyl sites for hydroxylation is 1. The summed E-state index contributed by atoms with van der Waals surface area (Å²) in [5.41, 5.74) is 3.91. The fourth-order valence-corrected chi connectivity index (χ4v) is 1.20. The van der Waals surface area contributed by atoms with Gasteiger partial charge in [0.25, 0.3) is 0 Å². The van der Waals surface area contributed by atoms with E-state index in [0.717, 1.165) is 22.8 Å². The van der Waals surface area contributed by atoms with E-state index in [1.807, 2.05) is 32.4 Å². The molecule has 0 aromatic carbocycles. The Morgan fingerprint density at radius 2 is 1.83 bits per heavy atom. The first-order valence-electron chi connectivity index (χ1n) is 4.01. The minimum atomic E-state index is 0.0147. The molecule has 1 aromatic rings. The van der Waals surface area contributed by atoms with E-state index in [1.54, 1.807) is 0 Å². The summed E-state index contributed by atoms with van der Waals surface area (Å²) in [5.74, 6) is 0. The van der Waals surface area contributed by atoms with E-state index in [4.69, 9.17) is 5.11 Å². The van der Waals surface area contributed by atoms with Crippen LogP contribution in [0, 0.1) is 20.8 Å². The first-order valence-corrected chi connectivity index (χ1v) is 4.01. The predicted octanol–water partition coefficient (Wildman–Crippen LogP) is 0.324. The minimum absolute atomic E-state index is 0.0147. The summed E-state index contributed by atoms with van der Waals surface area (Å²) in [6.45, 7) is 5.95. The summed E-state index contributed by atoms with van der Waals surface area (Å²) in [6.07, 6.45) is 0. The third-order valence-corrected chi connectivity index (χ3v) is 2.40. The van der Waals surface area contributed by atoms with Crippen molar-refractivity contribution < 1.29 is 9.67 Å². The number of rotatable bonds is 1. The van der Waals surface area contributed by atoms with Crippen molar-refractivity contribution in [3.8, 4) is 0 Å². The molecule has 1 N–H and O–H groups in total. The van der Waals surface area contributed by atoms with E-state index in [0.29, 0.717) is 0 Å². The molecule has 1 aromatic heterocycles. The molecule has 0 radical (unpaired) electrons. The SMILES string of the molecule is Cc1nc(CO)c(C)[n+](C)c1C. The van der Waals surface area contributed by atoms with Crippen LogP contribution in [0.1, 0.15) is 22.8 Å². The van der Waals surface area contributed by atoms with E-state index in [1.165, 1.54) is 0 Å². The van der Waals surface area contributed by atoms with Gasteiger partial charge in [-0.3, -0.25) is 0 Å². The van der Waals surface area contributed by atoms with Crippen molar-refractivity contribution in [3.05, 3.63) is 22.8 Å². The standard InChI is InChI=1S/C9H15N2O/c1-6-7(2)11(4)8(3)9(5-12)10-6/h12H,5H2,1-4H3/q+1. The second kappa shape index (κ2) is 3.19. The molecule has 0 atom stereocenters. The van der Waals surface area contributed by atoms with Crippen LogP contribution in [-0.2, 0) is 13.7 Å². The Morgan fingerprint density at radius 3 is 2.33 bits per heavy atom. The Labute approximate surface area is 72.7 Å². The highest BCUT2D eigenvalue weighted by atomic mass is 16.3.